The number of hydrogen-bond acceptors (Lipinski definition) is 2. The number of benzene rings is 1. The minimum Gasteiger partial charge on any atom is -0.311 e. The molecule has 2 rings (SSSR count). The average molecular weight is 286 g/mol. The molecule has 1 aromatic heterocycles. The van der Waals surface area contributed by atoms with Crippen LogP contribution >= 0.6 is 11.6 Å². The van der Waals surface area contributed by atoms with Crippen LogP contribution < -0.4 is 5.32 Å². The third kappa shape index (κ3) is 3.11. The number of rotatable bonds is 4. The van der Waals surface area contributed by atoms with Gasteiger partial charge in [-0.25, -0.2) is 8.78 Å². The van der Waals surface area contributed by atoms with Gasteiger partial charge in [0, 0.05) is 13.1 Å². The van der Waals surface area contributed by atoms with Gasteiger partial charge < -0.3 is 5.32 Å². The third-order valence-corrected chi connectivity index (χ3v) is 3.27. The lowest BCUT2D eigenvalue weighted by Crippen LogP contribution is -2.22. The van der Waals surface area contributed by atoms with E-state index >= 15 is 0 Å². The Morgan fingerprint density at radius 2 is 1.95 bits per heavy atom. The quantitative estimate of drug-likeness (QED) is 0.936. The standard InChI is InChI=1S/C13H14ClF2N3/c1-17-12(13-11(14)7-18-19(13)2)5-8-3-9(15)6-10(16)4-8/h3-4,6-7,12,17H,5H2,1-2H3. The van der Waals surface area contributed by atoms with Crippen LogP contribution in [0.15, 0.2) is 24.4 Å². The summed E-state index contributed by atoms with van der Waals surface area (Å²) in [6.07, 6.45) is 1.97. The molecule has 0 aliphatic rings. The number of halogens is 3. The Labute approximate surface area is 115 Å². The van der Waals surface area contributed by atoms with Crippen LogP contribution in [0, 0.1) is 11.6 Å². The Hall–Kier alpha value is -1.46. The zero-order chi connectivity index (χ0) is 14.0. The van der Waals surface area contributed by atoms with E-state index in [0.717, 1.165) is 11.8 Å². The van der Waals surface area contributed by atoms with Crippen LogP contribution in [0.1, 0.15) is 17.3 Å². The van der Waals surface area contributed by atoms with E-state index in [1.165, 1.54) is 12.1 Å². The first-order chi connectivity index (χ1) is 9.01. The van der Waals surface area contributed by atoms with E-state index in [2.05, 4.69) is 10.4 Å². The molecule has 0 amide bonds. The summed E-state index contributed by atoms with van der Waals surface area (Å²) in [5.74, 6) is -1.16. The molecule has 1 unspecified atom stereocenters. The summed E-state index contributed by atoms with van der Waals surface area (Å²) in [5.41, 5.74) is 1.35. The second-order valence-electron chi connectivity index (χ2n) is 4.32. The van der Waals surface area contributed by atoms with E-state index in [1.807, 2.05) is 0 Å². The van der Waals surface area contributed by atoms with Gasteiger partial charge in [-0.1, -0.05) is 11.6 Å². The van der Waals surface area contributed by atoms with Crippen LogP contribution in [0.2, 0.25) is 5.02 Å². The van der Waals surface area contributed by atoms with Crippen LogP contribution in [0.3, 0.4) is 0 Å². The molecule has 0 saturated heterocycles. The maximum atomic E-state index is 13.2. The van der Waals surface area contributed by atoms with E-state index in [-0.39, 0.29) is 6.04 Å². The van der Waals surface area contributed by atoms with E-state index < -0.39 is 11.6 Å². The molecule has 3 nitrogen and oxygen atoms in total. The number of likely N-dealkylation sites (N-methyl/N-ethyl adjacent to an activating group) is 1. The highest BCUT2D eigenvalue weighted by molar-refractivity contribution is 6.31. The highest BCUT2D eigenvalue weighted by Crippen LogP contribution is 2.25. The second kappa shape index (κ2) is 5.67. The van der Waals surface area contributed by atoms with Gasteiger partial charge >= 0.3 is 0 Å². The molecule has 1 aromatic carbocycles. The van der Waals surface area contributed by atoms with Crippen LogP contribution in [0.4, 0.5) is 8.78 Å². The number of nitrogens with one attached hydrogen (secondary N) is 1. The molecule has 0 aliphatic heterocycles. The van der Waals surface area contributed by atoms with Crippen molar-refractivity contribution < 1.29 is 8.78 Å². The first kappa shape index (κ1) is 14.0. The van der Waals surface area contributed by atoms with Crippen molar-refractivity contribution in [2.24, 2.45) is 7.05 Å². The van der Waals surface area contributed by atoms with E-state index in [4.69, 9.17) is 11.6 Å². The SMILES string of the molecule is CNC(Cc1cc(F)cc(F)c1)c1c(Cl)cnn1C. The van der Waals surface area contributed by atoms with Crippen LogP contribution in [-0.4, -0.2) is 16.8 Å². The molecule has 0 fully saturated rings. The van der Waals surface area contributed by atoms with Gasteiger partial charge in [0.1, 0.15) is 11.6 Å². The molecule has 0 aliphatic carbocycles. The highest BCUT2D eigenvalue weighted by atomic mass is 35.5. The van der Waals surface area contributed by atoms with E-state index in [0.29, 0.717) is 17.0 Å². The van der Waals surface area contributed by atoms with Crippen molar-refractivity contribution in [2.75, 3.05) is 7.05 Å². The minimum atomic E-state index is -0.582. The molecular formula is C13H14ClF2N3. The Kier molecular flexibility index (Phi) is 4.17. The molecule has 1 N–H and O–H groups in total. The summed E-state index contributed by atoms with van der Waals surface area (Å²) in [6.45, 7) is 0. The molecular weight excluding hydrogens is 272 g/mol. The fraction of sp³-hybridized carbons (Fsp3) is 0.308. The second-order valence-corrected chi connectivity index (χ2v) is 4.73. The van der Waals surface area contributed by atoms with Crippen LogP contribution in [0.25, 0.3) is 0 Å². The highest BCUT2D eigenvalue weighted by Gasteiger charge is 2.18. The normalized spacial score (nSPS) is 12.7. The van der Waals surface area contributed by atoms with Gasteiger partial charge in [-0.05, 0) is 31.2 Å². The first-order valence-corrected chi connectivity index (χ1v) is 6.18. The molecule has 19 heavy (non-hydrogen) atoms. The molecule has 0 saturated carbocycles. The van der Waals surface area contributed by atoms with E-state index in [1.54, 1.807) is 25.0 Å². The molecule has 1 heterocycles. The molecule has 102 valence electrons. The number of aromatic nitrogens is 2. The maximum Gasteiger partial charge on any atom is 0.126 e. The Balaban J connectivity index is 2.29. The van der Waals surface area contributed by atoms with Gasteiger partial charge in [-0.15, -0.1) is 0 Å². The van der Waals surface area contributed by atoms with Crippen molar-refractivity contribution in [3.05, 3.63) is 52.3 Å². The van der Waals surface area contributed by atoms with Crippen molar-refractivity contribution in [3.8, 4) is 0 Å². The van der Waals surface area contributed by atoms with Gasteiger partial charge in [0.2, 0.25) is 0 Å². The molecule has 0 radical (unpaired) electrons. The van der Waals surface area contributed by atoms with Crippen molar-refractivity contribution in [1.29, 1.82) is 0 Å². The number of aryl methyl sites for hydroxylation is 1. The lowest BCUT2D eigenvalue weighted by molar-refractivity contribution is 0.529. The van der Waals surface area contributed by atoms with Gasteiger partial charge in [-0.3, -0.25) is 4.68 Å². The monoisotopic (exact) mass is 285 g/mol. The summed E-state index contributed by atoms with van der Waals surface area (Å²) in [5, 5.41) is 7.67. The lowest BCUT2D eigenvalue weighted by atomic mass is 10.0. The predicted molar refractivity (Wildman–Crippen MR) is 70.1 cm³/mol. The predicted octanol–water partition coefficient (Wildman–Crippen LogP) is 2.85. The number of nitrogens with zero attached hydrogens (tertiary/aromatic N) is 2. The molecule has 2 aromatic rings. The topological polar surface area (TPSA) is 29.9 Å². The summed E-state index contributed by atoms with van der Waals surface area (Å²) < 4.78 is 28.0. The van der Waals surface area contributed by atoms with Crippen LogP contribution in [0.5, 0.6) is 0 Å². The fourth-order valence-corrected chi connectivity index (χ4v) is 2.41. The molecule has 1 atom stereocenters. The molecule has 0 spiro atoms. The summed E-state index contributed by atoms with van der Waals surface area (Å²) in [6, 6.07) is 3.32. The van der Waals surface area contributed by atoms with E-state index in [9.17, 15) is 8.78 Å². The van der Waals surface area contributed by atoms with Crippen molar-refractivity contribution in [1.82, 2.24) is 15.1 Å². The Bertz CT molecular complexity index is 544. The van der Waals surface area contributed by atoms with Gasteiger partial charge in [0.25, 0.3) is 0 Å². The largest absolute Gasteiger partial charge is 0.311 e. The zero-order valence-corrected chi connectivity index (χ0v) is 11.4. The van der Waals surface area contributed by atoms with Gasteiger partial charge in [0.15, 0.2) is 0 Å². The Morgan fingerprint density at radius 3 is 2.42 bits per heavy atom. The van der Waals surface area contributed by atoms with Gasteiger partial charge in [-0.2, -0.15) is 5.10 Å². The van der Waals surface area contributed by atoms with Crippen molar-refractivity contribution >= 4 is 11.6 Å². The van der Waals surface area contributed by atoms with Crippen molar-refractivity contribution in [3.63, 3.8) is 0 Å². The van der Waals surface area contributed by atoms with Crippen LogP contribution in [-0.2, 0) is 13.5 Å². The van der Waals surface area contributed by atoms with Crippen molar-refractivity contribution in [2.45, 2.75) is 12.5 Å². The first-order valence-electron chi connectivity index (χ1n) is 5.81. The van der Waals surface area contributed by atoms with Gasteiger partial charge in [0.05, 0.1) is 23.0 Å². The fourth-order valence-electron chi connectivity index (χ4n) is 2.11. The molecule has 0 bridgehead atoms. The Morgan fingerprint density at radius 1 is 1.32 bits per heavy atom. The number of hydrogen-bond donors (Lipinski definition) is 1. The third-order valence-electron chi connectivity index (χ3n) is 2.98. The smallest absolute Gasteiger partial charge is 0.126 e. The molecule has 6 heteroatoms. The summed E-state index contributed by atoms with van der Waals surface area (Å²) >= 11 is 6.08. The maximum absolute atomic E-state index is 13.2. The minimum absolute atomic E-state index is 0.166. The summed E-state index contributed by atoms with van der Waals surface area (Å²) in [4.78, 5) is 0. The zero-order valence-electron chi connectivity index (χ0n) is 10.6. The average Bonchev–Trinajstić information content (AvgIpc) is 2.65. The summed E-state index contributed by atoms with van der Waals surface area (Å²) in [7, 11) is 3.54. The lowest BCUT2D eigenvalue weighted by Gasteiger charge is -2.17.